The van der Waals surface area contributed by atoms with Gasteiger partial charge >= 0.3 is 6.18 Å². The number of alkyl halides is 3. The molecule has 1 N–H and O–H groups in total. The number of allylic oxidation sites excluding steroid dienone is 4. The summed E-state index contributed by atoms with van der Waals surface area (Å²) in [7, 11) is 0. The van der Waals surface area contributed by atoms with Crippen molar-refractivity contribution < 1.29 is 17.7 Å². The Hall–Kier alpha value is -3.10. The number of aromatic nitrogens is 4. The van der Waals surface area contributed by atoms with Gasteiger partial charge in [-0.15, -0.1) is 0 Å². The van der Waals surface area contributed by atoms with Crippen LogP contribution >= 0.6 is 0 Å². The maximum Gasteiger partial charge on any atom is 0.397 e. The standard InChI is InChI=1S/C20H18F3N5O/c21-20(22,23)14-9-13(4-6-17(14)28-7-1-2-8-28)19-26-18(27-29-19)12-3-5-15-16(10-12)25-11-24-15/h3-6,10-11,14H,1-2,7-9H2,(H,24,25). The number of aromatic amines is 1. The zero-order valence-electron chi connectivity index (χ0n) is 15.4. The lowest BCUT2D eigenvalue weighted by atomic mass is 9.89. The molecule has 2 aliphatic rings. The Morgan fingerprint density at radius 1 is 1.14 bits per heavy atom. The first-order valence-corrected chi connectivity index (χ1v) is 9.49. The summed E-state index contributed by atoms with van der Waals surface area (Å²) in [5, 5.41) is 3.96. The summed E-state index contributed by atoms with van der Waals surface area (Å²) in [6.07, 6.45) is 2.13. The number of nitrogens with zero attached hydrogens (tertiary/aromatic N) is 4. The van der Waals surface area contributed by atoms with E-state index in [1.807, 2.05) is 17.0 Å². The number of likely N-dealkylation sites (tertiary alicyclic amines) is 1. The molecule has 0 bridgehead atoms. The summed E-state index contributed by atoms with van der Waals surface area (Å²) in [5.41, 5.74) is 3.06. The molecule has 1 unspecified atom stereocenters. The quantitative estimate of drug-likeness (QED) is 0.697. The van der Waals surface area contributed by atoms with Crippen LogP contribution in [0.5, 0.6) is 0 Å². The number of hydrogen-bond donors (Lipinski definition) is 1. The fourth-order valence-electron chi connectivity index (χ4n) is 3.98. The van der Waals surface area contributed by atoms with Gasteiger partial charge in [0.2, 0.25) is 5.82 Å². The summed E-state index contributed by atoms with van der Waals surface area (Å²) in [4.78, 5) is 13.3. The molecular formula is C20H18F3N5O. The van der Waals surface area contributed by atoms with Gasteiger partial charge in [-0.1, -0.05) is 11.2 Å². The van der Waals surface area contributed by atoms with E-state index in [1.54, 1.807) is 24.5 Å². The second kappa shape index (κ2) is 6.75. The fourth-order valence-corrected chi connectivity index (χ4v) is 3.98. The summed E-state index contributed by atoms with van der Waals surface area (Å²) in [5.74, 6) is -1.11. The molecule has 9 heteroatoms. The van der Waals surface area contributed by atoms with Crippen LogP contribution in [-0.2, 0) is 0 Å². The van der Waals surface area contributed by atoms with Crippen molar-refractivity contribution in [3.63, 3.8) is 0 Å². The Kier molecular flexibility index (Phi) is 4.18. The van der Waals surface area contributed by atoms with Crippen LogP contribution in [0.15, 0.2) is 46.9 Å². The topological polar surface area (TPSA) is 70.8 Å². The average molecular weight is 401 g/mol. The molecule has 6 nitrogen and oxygen atoms in total. The van der Waals surface area contributed by atoms with E-state index in [0.717, 1.165) is 23.9 Å². The number of imidazole rings is 1. The summed E-state index contributed by atoms with van der Waals surface area (Å²) < 4.78 is 46.6. The van der Waals surface area contributed by atoms with Gasteiger partial charge in [0, 0.05) is 29.9 Å². The third kappa shape index (κ3) is 3.30. The van der Waals surface area contributed by atoms with Crippen LogP contribution in [0, 0.1) is 5.92 Å². The van der Waals surface area contributed by atoms with Gasteiger partial charge in [0.05, 0.1) is 23.3 Å². The fraction of sp³-hybridized carbons (Fsp3) is 0.350. The number of halogens is 3. The summed E-state index contributed by atoms with van der Waals surface area (Å²) in [6, 6.07) is 5.45. The van der Waals surface area contributed by atoms with Crippen LogP contribution < -0.4 is 0 Å². The minimum Gasteiger partial charge on any atom is -0.374 e. The van der Waals surface area contributed by atoms with Gasteiger partial charge in [-0.2, -0.15) is 18.2 Å². The van der Waals surface area contributed by atoms with Crippen molar-refractivity contribution >= 4 is 16.6 Å². The Morgan fingerprint density at radius 2 is 1.97 bits per heavy atom. The molecule has 1 fully saturated rings. The highest BCUT2D eigenvalue weighted by atomic mass is 19.4. The van der Waals surface area contributed by atoms with E-state index in [4.69, 9.17) is 4.52 Å². The van der Waals surface area contributed by atoms with Crippen LogP contribution in [0.1, 0.15) is 25.2 Å². The van der Waals surface area contributed by atoms with E-state index in [0.29, 0.717) is 35.7 Å². The van der Waals surface area contributed by atoms with Crippen molar-refractivity contribution in [2.75, 3.05) is 13.1 Å². The monoisotopic (exact) mass is 401 g/mol. The molecule has 0 saturated carbocycles. The molecule has 0 amide bonds. The van der Waals surface area contributed by atoms with E-state index in [2.05, 4.69) is 20.1 Å². The summed E-state index contributed by atoms with van der Waals surface area (Å²) in [6.45, 7) is 1.34. The normalized spacial score (nSPS) is 20.2. The van der Waals surface area contributed by atoms with Crippen molar-refractivity contribution in [1.82, 2.24) is 25.0 Å². The lowest BCUT2D eigenvalue weighted by Gasteiger charge is -2.32. The zero-order valence-corrected chi connectivity index (χ0v) is 15.4. The highest BCUT2D eigenvalue weighted by molar-refractivity contribution is 5.80. The number of hydrogen-bond acceptors (Lipinski definition) is 5. The first-order chi connectivity index (χ1) is 14.0. The highest BCUT2D eigenvalue weighted by Gasteiger charge is 2.45. The minimum absolute atomic E-state index is 0.121. The summed E-state index contributed by atoms with van der Waals surface area (Å²) >= 11 is 0. The van der Waals surface area contributed by atoms with E-state index >= 15 is 0 Å². The van der Waals surface area contributed by atoms with Crippen molar-refractivity contribution in [3.8, 4) is 11.4 Å². The van der Waals surface area contributed by atoms with E-state index in [-0.39, 0.29) is 12.3 Å². The Bertz CT molecular complexity index is 1100. The minimum atomic E-state index is -4.33. The molecule has 5 rings (SSSR count). The number of nitrogens with one attached hydrogen (secondary N) is 1. The number of fused-ring (bicyclic) bond motifs is 1. The number of H-pyrrole nitrogens is 1. The van der Waals surface area contributed by atoms with Crippen molar-refractivity contribution in [2.45, 2.75) is 25.4 Å². The molecule has 1 aliphatic heterocycles. The van der Waals surface area contributed by atoms with Crippen LogP contribution in [-0.4, -0.2) is 44.3 Å². The van der Waals surface area contributed by atoms with E-state index in [9.17, 15) is 13.2 Å². The molecule has 1 saturated heterocycles. The lowest BCUT2D eigenvalue weighted by molar-refractivity contribution is -0.167. The molecule has 29 heavy (non-hydrogen) atoms. The molecule has 3 aromatic rings. The third-order valence-electron chi connectivity index (χ3n) is 5.48. The first kappa shape index (κ1) is 18.0. The van der Waals surface area contributed by atoms with Crippen molar-refractivity contribution in [1.29, 1.82) is 0 Å². The van der Waals surface area contributed by atoms with Gasteiger partial charge in [-0.25, -0.2) is 4.98 Å². The Labute approximate surface area is 164 Å². The van der Waals surface area contributed by atoms with Gasteiger partial charge in [-0.05, 0) is 43.5 Å². The van der Waals surface area contributed by atoms with Crippen molar-refractivity contribution in [2.24, 2.45) is 5.92 Å². The predicted octanol–water partition coefficient (Wildman–Crippen LogP) is 4.56. The molecule has 1 aromatic carbocycles. The predicted molar refractivity (Wildman–Crippen MR) is 100 cm³/mol. The van der Waals surface area contributed by atoms with E-state index < -0.39 is 12.1 Å². The van der Waals surface area contributed by atoms with Crippen LogP contribution in [0.3, 0.4) is 0 Å². The second-order valence-corrected chi connectivity index (χ2v) is 7.33. The van der Waals surface area contributed by atoms with Gasteiger partial charge in [0.1, 0.15) is 0 Å². The molecule has 0 radical (unpaired) electrons. The number of rotatable bonds is 3. The van der Waals surface area contributed by atoms with Crippen LogP contribution in [0.4, 0.5) is 13.2 Å². The van der Waals surface area contributed by atoms with Gasteiger partial charge in [-0.3, -0.25) is 0 Å². The van der Waals surface area contributed by atoms with Gasteiger partial charge in [0.25, 0.3) is 5.89 Å². The Balaban J connectivity index is 1.46. The third-order valence-corrected chi connectivity index (χ3v) is 5.48. The van der Waals surface area contributed by atoms with Gasteiger partial charge in [0.15, 0.2) is 0 Å². The lowest BCUT2D eigenvalue weighted by Crippen LogP contribution is -2.34. The van der Waals surface area contributed by atoms with E-state index in [1.165, 1.54) is 0 Å². The largest absolute Gasteiger partial charge is 0.397 e. The van der Waals surface area contributed by atoms with Crippen LogP contribution in [0.2, 0.25) is 0 Å². The maximum absolute atomic E-state index is 13.8. The molecule has 2 aromatic heterocycles. The maximum atomic E-state index is 13.8. The van der Waals surface area contributed by atoms with Crippen LogP contribution in [0.25, 0.3) is 28.0 Å². The Morgan fingerprint density at radius 3 is 2.76 bits per heavy atom. The molecule has 150 valence electrons. The molecule has 1 atom stereocenters. The van der Waals surface area contributed by atoms with Crippen molar-refractivity contribution in [3.05, 3.63) is 48.3 Å². The zero-order chi connectivity index (χ0) is 20.0. The smallest absolute Gasteiger partial charge is 0.374 e. The average Bonchev–Trinajstić information content (AvgIpc) is 3.47. The molecule has 1 aliphatic carbocycles. The highest BCUT2D eigenvalue weighted by Crippen LogP contribution is 2.43. The molecular weight excluding hydrogens is 383 g/mol. The molecule has 0 spiro atoms. The first-order valence-electron chi connectivity index (χ1n) is 9.49. The number of benzene rings is 1. The van der Waals surface area contributed by atoms with Gasteiger partial charge < -0.3 is 14.4 Å². The molecule has 3 heterocycles. The second-order valence-electron chi connectivity index (χ2n) is 7.33. The SMILES string of the molecule is FC(F)(F)C1CC(c2nc(-c3ccc4nc[nH]c4c3)no2)=CC=C1N1CCCC1.